The molecular formula is C34H31N3O. The van der Waals surface area contributed by atoms with E-state index in [2.05, 4.69) is 80.1 Å². The highest BCUT2D eigenvalue weighted by Crippen LogP contribution is 2.50. The third-order valence-corrected chi connectivity index (χ3v) is 7.81. The second kappa shape index (κ2) is 9.21. The van der Waals surface area contributed by atoms with Crippen molar-refractivity contribution in [2.45, 2.75) is 46.0 Å². The predicted molar refractivity (Wildman–Crippen MR) is 157 cm³/mol. The normalized spacial score (nSPS) is 13.3. The number of fused-ring (bicyclic) bond motifs is 7. The molecule has 0 fully saturated rings. The highest BCUT2D eigenvalue weighted by atomic mass is 16.2. The molecule has 0 unspecified atom stereocenters. The molecule has 0 N–H and O–H groups in total. The van der Waals surface area contributed by atoms with Crippen molar-refractivity contribution in [2.24, 2.45) is 0 Å². The molecule has 4 heteroatoms. The molecule has 0 aliphatic heterocycles. The van der Waals surface area contributed by atoms with Gasteiger partial charge >= 0.3 is 0 Å². The molecule has 0 radical (unpaired) electrons. The number of carbonyl (C=O) groups excluding carboxylic acids is 1. The Labute approximate surface area is 223 Å². The quantitative estimate of drug-likeness (QED) is 0.241. The lowest BCUT2D eigenvalue weighted by Crippen LogP contribution is -2.15. The van der Waals surface area contributed by atoms with Crippen molar-refractivity contribution >= 4 is 38.7 Å². The van der Waals surface area contributed by atoms with E-state index in [1.54, 1.807) is 12.4 Å². The first-order valence-electron chi connectivity index (χ1n) is 13.4. The van der Waals surface area contributed by atoms with Crippen molar-refractivity contribution in [3.05, 3.63) is 108 Å². The van der Waals surface area contributed by atoms with Gasteiger partial charge in [-0.05, 0) is 52.6 Å². The molecule has 4 nitrogen and oxygen atoms in total. The standard InChI is InChI=1S/C30H21N3O.C4H10/c1-30(2)23-11-5-3-8-18(23)21-17-27-22(16-24(21)30)19-9-4-6-13-26(19)33(27)29(34)20-10-7-12-25-28(20)32-15-14-31-25;1-3-4-2/h3-17H,1-2H3;3-4H2,1-2H3. The zero-order chi connectivity index (χ0) is 26.4. The van der Waals surface area contributed by atoms with Crippen LogP contribution >= 0.6 is 0 Å². The molecule has 1 aliphatic rings. The van der Waals surface area contributed by atoms with Gasteiger partial charge in [-0.2, -0.15) is 0 Å². The maximum atomic E-state index is 14.1. The van der Waals surface area contributed by atoms with Crippen molar-refractivity contribution in [3.8, 4) is 11.1 Å². The molecule has 6 aromatic rings. The van der Waals surface area contributed by atoms with E-state index in [-0.39, 0.29) is 11.3 Å². The van der Waals surface area contributed by atoms with Gasteiger partial charge in [0.1, 0.15) is 5.52 Å². The van der Waals surface area contributed by atoms with Crippen molar-refractivity contribution < 1.29 is 4.79 Å². The number of rotatable bonds is 2. The van der Waals surface area contributed by atoms with Crippen LogP contribution < -0.4 is 0 Å². The number of unbranched alkanes of at least 4 members (excludes halogenated alkanes) is 1. The van der Waals surface area contributed by atoms with Crippen molar-refractivity contribution in [3.63, 3.8) is 0 Å². The molecular weight excluding hydrogens is 466 g/mol. The molecule has 0 amide bonds. The molecule has 7 rings (SSSR count). The molecule has 0 spiro atoms. The Morgan fingerprint density at radius 3 is 2.29 bits per heavy atom. The average Bonchev–Trinajstić information content (AvgIpc) is 3.40. The molecule has 4 aromatic carbocycles. The van der Waals surface area contributed by atoms with E-state index in [1.807, 2.05) is 41.0 Å². The molecule has 0 saturated carbocycles. The third kappa shape index (κ3) is 3.55. The van der Waals surface area contributed by atoms with Crippen LogP contribution in [0.2, 0.25) is 0 Å². The van der Waals surface area contributed by atoms with Crippen molar-refractivity contribution in [1.82, 2.24) is 14.5 Å². The number of carbonyl (C=O) groups is 1. The fourth-order valence-electron chi connectivity index (χ4n) is 5.67. The van der Waals surface area contributed by atoms with Gasteiger partial charge in [0.25, 0.3) is 5.91 Å². The van der Waals surface area contributed by atoms with Crippen LogP contribution in [0.4, 0.5) is 0 Å². The number of aromatic nitrogens is 3. The maximum absolute atomic E-state index is 14.1. The molecule has 38 heavy (non-hydrogen) atoms. The summed E-state index contributed by atoms with van der Waals surface area (Å²) in [4.78, 5) is 23.0. The first kappa shape index (κ1) is 24.1. The molecule has 2 heterocycles. The summed E-state index contributed by atoms with van der Waals surface area (Å²) in [7, 11) is 0. The Morgan fingerprint density at radius 1 is 0.737 bits per heavy atom. The van der Waals surface area contributed by atoms with Gasteiger partial charge < -0.3 is 0 Å². The van der Waals surface area contributed by atoms with Gasteiger partial charge in [-0.25, -0.2) is 0 Å². The molecule has 2 aromatic heterocycles. The first-order chi connectivity index (χ1) is 18.5. The predicted octanol–water partition coefficient (Wildman–Crippen LogP) is 8.54. The maximum Gasteiger partial charge on any atom is 0.265 e. The number of benzene rings is 4. The molecule has 188 valence electrons. The van der Waals surface area contributed by atoms with E-state index in [0.717, 1.165) is 21.8 Å². The van der Waals surface area contributed by atoms with E-state index < -0.39 is 0 Å². The minimum atomic E-state index is -0.0987. The van der Waals surface area contributed by atoms with Crippen molar-refractivity contribution in [1.29, 1.82) is 0 Å². The highest BCUT2D eigenvalue weighted by molar-refractivity contribution is 6.19. The highest BCUT2D eigenvalue weighted by Gasteiger charge is 2.36. The Kier molecular flexibility index (Phi) is 5.83. The lowest BCUT2D eigenvalue weighted by molar-refractivity contribution is 0.0971. The Balaban J connectivity index is 0.000000620. The first-order valence-corrected chi connectivity index (χ1v) is 13.4. The summed E-state index contributed by atoms with van der Waals surface area (Å²) in [6.07, 6.45) is 5.93. The molecule has 0 bridgehead atoms. The van der Waals surface area contributed by atoms with Crippen LogP contribution in [0.15, 0.2) is 91.3 Å². The Hall–Kier alpha value is -4.31. The van der Waals surface area contributed by atoms with Gasteiger partial charge in [0.05, 0.1) is 22.1 Å². The Morgan fingerprint density at radius 2 is 1.47 bits per heavy atom. The summed E-state index contributed by atoms with van der Waals surface area (Å²) in [5, 5.41) is 2.17. The summed E-state index contributed by atoms with van der Waals surface area (Å²) >= 11 is 0. The van der Waals surface area contributed by atoms with Crippen LogP contribution in [-0.4, -0.2) is 20.4 Å². The van der Waals surface area contributed by atoms with E-state index in [1.165, 1.54) is 35.1 Å². The second-order valence-corrected chi connectivity index (χ2v) is 10.5. The number of hydrogen-bond acceptors (Lipinski definition) is 3. The lowest BCUT2D eigenvalue weighted by Gasteiger charge is -2.21. The minimum absolute atomic E-state index is 0.0946. The topological polar surface area (TPSA) is 47.8 Å². The van der Waals surface area contributed by atoms with Crippen LogP contribution in [-0.2, 0) is 5.41 Å². The lowest BCUT2D eigenvalue weighted by atomic mass is 9.82. The number of para-hydroxylation sites is 2. The zero-order valence-electron chi connectivity index (χ0n) is 22.3. The van der Waals surface area contributed by atoms with Crippen molar-refractivity contribution in [2.75, 3.05) is 0 Å². The van der Waals surface area contributed by atoms with Gasteiger partial charge in [-0.3, -0.25) is 19.3 Å². The van der Waals surface area contributed by atoms with E-state index in [4.69, 9.17) is 0 Å². The summed E-state index contributed by atoms with van der Waals surface area (Å²) in [6.45, 7) is 8.92. The van der Waals surface area contributed by atoms with Gasteiger partial charge in [0, 0.05) is 28.6 Å². The van der Waals surface area contributed by atoms with Crippen LogP contribution in [0, 0.1) is 0 Å². The molecule has 0 saturated heterocycles. The van der Waals surface area contributed by atoms with Gasteiger partial charge in [-0.1, -0.05) is 89.1 Å². The smallest absolute Gasteiger partial charge is 0.265 e. The van der Waals surface area contributed by atoms with Gasteiger partial charge in [-0.15, -0.1) is 0 Å². The summed E-state index contributed by atoms with van der Waals surface area (Å²) < 4.78 is 1.85. The van der Waals surface area contributed by atoms with Crippen LogP contribution in [0.25, 0.3) is 44.0 Å². The van der Waals surface area contributed by atoms with E-state index in [9.17, 15) is 4.79 Å². The Bertz CT molecular complexity index is 1840. The van der Waals surface area contributed by atoms with Gasteiger partial charge in [0.15, 0.2) is 0 Å². The second-order valence-electron chi connectivity index (χ2n) is 10.5. The van der Waals surface area contributed by atoms with Crippen LogP contribution in [0.5, 0.6) is 0 Å². The van der Waals surface area contributed by atoms with E-state index in [0.29, 0.717) is 16.6 Å². The summed E-state index contributed by atoms with van der Waals surface area (Å²) in [6, 6.07) is 26.8. The largest absolute Gasteiger partial charge is 0.276 e. The third-order valence-electron chi connectivity index (χ3n) is 7.81. The van der Waals surface area contributed by atoms with Gasteiger partial charge in [0.2, 0.25) is 0 Å². The summed E-state index contributed by atoms with van der Waals surface area (Å²) in [5.74, 6) is -0.0946. The monoisotopic (exact) mass is 497 g/mol. The van der Waals surface area contributed by atoms with Crippen LogP contribution in [0.3, 0.4) is 0 Å². The zero-order valence-corrected chi connectivity index (χ0v) is 22.3. The SMILES string of the molecule is CC1(C)c2ccccc2-c2cc3c(cc21)c1ccccc1n3C(=O)c1cccc2nccnc12.CCCC. The molecule has 0 atom stereocenters. The fourth-order valence-corrected chi connectivity index (χ4v) is 5.67. The van der Waals surface area contributed by atoms with Crippen LogP contribution in [0.1, 0.15) is 62.0 Å². The fraction of sp³-hybridized carbons (Fsp3) is 0.206. The average molecular weight is 498 g/mol. The van der Waals surface area contributed by atoms with E-state index >= 15 is 0 Å². The number of hydrogen-bond donors (Lipinski definition) is 0. The summed E-state index contributed by atoms with van der Waals surface area (Å²) in [5.41, 5.74) is 8.66. The molecule has 1 aliphatic carbocycles. The number of nitrogens with zero attached hydrogens (tertiary/aromatic N) is 3. The minimum Gasteiger partial charge on any atom is -0.276 e.